The fraction of sp³-hybridized carbons (Fsp3) is 0.514. The number of likely N-dealkylation sites (tertiary alicyclic amines) is 2. The molecule has 3 aromatic heterocycles. The Morgan fingerprint density at radius 2 is 1.87 bits per heavy atom. The number of halogens is 1. The zero-order chi connectivity index (χ0) is 31.4. The summed E-state index contributed by atoms with van der Waals surface area (Å²) in [6.45, 7) is 6.72. The lowest BCUT2D eigenvalue weighted by atomic mass is 9.88. The van der Waals surface area contributed by atoms with Gasteiger partial charge in [-0.2, -0.15) is 5.10 Å². The van der Waals surface area contributed by atoms with Crippen LogP contribution >= 0.6 is 0 Å². The highest BCUT2D eigenvalue weighted by Crippen LogP contribution is 2.41. The van der Waals surface area contributed by atoms with Gasteiger partial charge in [0.25, 0.3) is 11.8 Å². The Hall–Kier alpha value is -3.76. The summed E-state index contributed by atoms with van der Waals surface area (Å²) in [5.74, 6) is 0.853. The van der Waals surface area contributed by atoms with E-state index in [0.717, 1.165) is 54.9 Å². The fourth-order valence-corrected chi connectivity index (χ4v) is 7.36. The van der Waals surface area contributed by atoms with E-state index < -0.39 is 12.3 Å². The lowest BCUT2D eigenvalue weighted by Crippen LogP contribution is -2.50. The van der Waals surface area contributed by atoms with Crippen LogP contribution in [0.5, 0.6) is 0 Å². The molecule has 2 saturated heterocycles. The first-order valence-corrected chi connectivity index (χ1v) is 16.3. The second kappa shape index (κ2) is 11.9. The number of nitrogens with two attached hydrogens (primary N) is 1. The number of para-hydroxylation sites is 1. The van der Waals surface area contributed by atoms with Crippen molar-refractivity contribution in [1.29, 1.82) is 0 Å². The number of aryl methyl sites for hydroxylation is 1. The van der Waals surface area contributed by atoms with Gasteiger partial charge in [0.15, 0.2) is 0 Å². The molecule has 45 heavy (non-hydrogen) atoms. The number of hydrogen-bond donors (Lipinski definition) is 1. The number of hydrogen-bond acceptors (Lipinski definition) is 5. The summed E-state index contributed by atoms with van der Waals surface area (Å²) in [5, 5.41) is 6.25. The van der Waals surface area contributed by atoms with Crippen LogP contribution in [-0.2, 0) is 16.1 Å². The van der Waals surface area contributed by atoms with Crippen LogP contribution in [0.1, 0.15) is 66.4 Å². The van der Waals surface area contributed by atoms with Gasteiger partial charge >= 0.3 is 0 Å². The summed E-state index contributed by atoms with van der Waals surface area (Å²) in [5.41, 5.74) is 13.1. The zero-order valence-corrected chi connectivity index (χ0v) is 26.4. The summed E-state index contributed by atoms with van der Waals surface area (Å²) < 4.78 is 23.8. The van der Waals surface area contributed by atoms with E-state index in [1.165, 1.54) is 34.2 Å². The van der Waals surface area contributed by atoms with Crippen LogP contribution in [-0.4, -0.2) is 87.4 Å². The van der Waals surface area contributed by atoms with Crippen molar-refractivity contribution >= 4 is 28.2 Å². The molecule has 1 saturated carbocycles. The van der Waals surface area contributed by atoms with Crippen LogP contribution in [0.3, 0.4) is 0 Å². The molecule has 5 heterocycles. The largest absolute Gasteiger partial charge is 0.372 e. The lowest BCUT2D eigenvalue weighted by molar-refractivity contribution is -0.142. The molecule has 9 nitrogen and oxygen atoms in total. The third kappa shape index (κ3) is 5.63. The Balaban J connectivity index is 1.23. The van der Waals surface area contributed by atoms with Gasteiger partial charge in [0.05, 0.1) is 28.8 Å². The van der Waals surface area contributed by atoms with E-state index >= 15 is 0 Å². The van der Waals surface area contributed by atoms with Gasteiger partial charge in [-0.25, -0.2) is 8.91 Å². The van der Waals surface area contributed by atoms with Crippen molar-refractivity contribution in [3.8, 4) is 11.4 Å². The van der Waals surface area contributed by atoms with Crippen molar-refractivity contribution in [2.24, 2.45) is 11.7 Å². The molecule has 1 unspecified atom stereocenters. The van der Waals surface area contributed by atoms with E-state index in [9.17, 15) is 14.0 Å². The minimum Gasteiger partial charge on any atom is -0.372 e. The third-order valence-electron chi connectivity index (χ3n) is 10.1. The number of fused-ring (bicyclic) bond motifs is 2. The lowest BCUT2D eigenvalue weighted by Gasteiger charge is -2.34. The van der Waals surface area contributed by atoms with Crippen LogP contribution in [0, 0.1) is 12.8 Å². The maximum Gasteiger partial charge on any atom is 0.255 e. The zero-order valence-electron chi connectivity index (χ0n) is 26.4. The molecule has 7 rings (SSSR count). The number of carbonyl (C=O) groups excluding carboxylic acids is 2. The van der Waals surface area contributed by atoms with E-state index in [-0.39, 0.29) is 30.8 Å². The number of nitrogens with zero attached hydrogens (tertiary/aromatic N) is 5. The molecule has 2 N–H and O–H groups in total. The van der Waals surface area contributed by atoms with Gasteiger partial charge in [0, 0.05) is 56.5 Å². The fourth-order valence-electron chi connectivity index (χ4n) is 7.36. The van der Waals surface area contributed by atoms with Gasteiger partial charge in [0.1, 0.15) is 18.0 Å². The molecule has 0 radical (unpaired) electrons. The predicted molar refractivity (Wildman–Crippen MR) is 172 cm³/mol. The number of carbonyl (C=O) groups is 2. The van der Waals surface area contributed by atoms with Crippen LogP contribution in [0.2, 0.25) is 0 Å². The molecule has 0 bridgehead atoms. The summed E-state index contributed by atoms with van der Waals surface area (Å²) in [7, 11) is 1.58. The number of alkyl halides is 1. The minimum atomic E-state index is -1.10. The smallest absolute Gasteiger partial charge is 0.255 e. The van der Waals surface area contributed by atoms with Crippen molar-refractivity contribution in [2.45, 2.75) is 76.7 Å². The van der Waals surface area contributed by atoms with Crippen LogP contribution in [0.4, 0.5) is 4.39 Å². The molecule has 1 aliphatic carbocycles. The Morgan fingerprint density at radius 1 is 1.09 bits per heavy atom. The number of aromatic nitrogens is 3. The number of pyridine rings is 1. The number of rotatable bonds is 7. The van der Waals surface area contributed by atoms with E-state index in [4.69, 9.17) is 15.6 Å². The van der Waals surface area contributed by atoms with Gasteiger partial charge in [0.2, 0.25) is 0 Å². The molecule has 2 amide bonds. The minimum absolute atomic E-state index is 0.0619. The van der Waals surface area contributed by atoms with E-state index in [2.05, 4.69) is 35.8 Å². The van der Waals surface area contributed by atoms with Gasteiger partial charge in [-0.3, -0.25) is 9.59 Å². The first-order chi connectivity index (χ1) is 21.7. The molecule has 0 spiro atoms. The predicted octanol–water partition coefficient (Wildman–Crippen LogP) is 4.93. The standard InChI is InChI=1S/C35H43FN6O3/c1-21-30-10-9-26(35(44)40-19-27(36)16-28(37)20-40)18-42(30)38-32(21)31-15-25-5-4-6-29(33(25)41(31)17-23-7-8-23)24-11-13-39(14-12-24)34(43)22(2)45-3/h4-6,9-10,15,18,22-24,27-28H,7-8,11-14,16-17,19-20,37H2,1-3H3/t22?,27-,28-/m1/s1. The van der Waals surface area contributed by atoms with E-state index in [1.807, 2.05) is 24.0 Å². The van der Waals surface area contributed by atoms with Gasteiger partial charge in [-0.05, 0) is 81.5 Å². The highest BCUT2D eigenvalue weighted by atomic mass is 19.1. The summed E-state index contributed by atoms with van der Waals surface area (Å²) in [6.07, 6.45) is 4.82. The Kier molecular flexibility index (Phi) is 7.90. The monoisotopic (exact) mass is 614 g/mol. The quantitative estimate of drug-likeness (QED) is 0.319. The van der Waals surface area contributed by atoms with E-state index in [1.54, 1.807) is 17.8 Å². The number of piperidine rings is 2. The molecule has 3 fully saturated rings. The maximum absolute atomic E-state index is 14.2. The van der Waals surface area contributed by atoms with Crippen molar-refractivity contribution in [3.63, 3.8) is 0 Å². The van der Waals surface area contributed by atoms with Gasteiger partial charge < -0.3 is 24.8 Å². The second-order valence-corrected chi connectivity index (χ2v) is 13.4. The second-order valence-electron chi connectivity index (χ2n) is 13.4. The molecular weight excluding hydrogens is 571 g/mol. The highest BCUT2D eigenvalue weighted by Gasteiger charge is 2.32. The Labute approximate surface area is 263 Å². The van der Waals surface area contributed by atoms with Crippen molar-refractivity contribution in [1.82, 2.24) is 24.0 Å². The van der Waals surface area contributed by atoms with Crippen molar-refractivity contribution < 1.29 is 18.7 Å². The van der Waals surface area contributed by atoms with Crippen LogP contribution in [0.25, 0.3) is 27.8 Å². The van der Waals surface area contributed by atoms with Crippen molar-refractivity contribution in [2.75, 3.05) is 33.3 Å². The molecule has 238 valence electrons. The SMILES string of the molecule is COC(C)C(=O)N1CCC(c2cccc3cc(-c4nn5cc(C(=O)N6C[C@H](N)C[C@@H](F)C6)ccc5c4C)n(CC4CC4)c23)CC1. The first-order valence-electron chi connectivity index (χ1n) is 16.3. The summed E-state index contributed by atoms with van der Waals surface area (Å²) >= 11 is 0. The third-order valence-corrected chi connectivity index (χ3v) is 10.1. The first kappa shape index (κ1) is 29.9. The van der Waals surface area contributed by atoms with Crippen LogP contribution < -0.4 is 5.73 Å². The highest BCUT2D eigenvalue weighted by molar-refractivity contribution is 5.95. The topological polar surface area (TPSA) is 98.1 Å². The Bertz CT molecular complexity index is 1740. The molecule has 2 aliphatic heterocycles. The maximum atomic E-state index is 14.2. The Morgan fingerprint density at radius 3 is 2.58 bits per heavy atom. The molecule has 1 aromatic carbocycles. The molecule has 3 atom stereocenters. The van der Waals surface area contributed by atoms with Gasteiger partial charge in [-0.15, -0.1) is 0 Å². The molecule has 4 aromatic rings. The number of benzene rings is 1. The average Bonchev–Trinajstić information content (AvgIpc) is 3.71. The van der Waals surface area contributed by atoms with Crippen molar-refractivity contribution in [3.05, 3.63) is 59.3 Å². The average molecular weight is 615 g/mol. The van der Waals surface area contributed by atoms with Gasteiger partial charge in [-0.1, -0.05) is 18.2 Å². The molecule has 3 aliphatic rings. The number of methoxy groups -OCH3 is 1. The number of ether oxygens (including phenoxy) is 1. The van der Waals surface area contributed by atoms with Crippen LogP contribution in [0.15, 0.2) is 42.6 Å². The molecule has 10 heteroatoms. The van der Waals surface area contributed by atoms with E-state index in [0.29, 0.717) is 23.9 Å². The summed E-state index contributed by atoms with van der Waals surface area (Å²) in [6, 6.07) is 12.3. The molecular formula is C35H43FN6O3. The summed E-state index contributed by atoms with van der Waals surface area (Å²) in [4.78, 5) is 29.5. The normalized spacial score (nSPS) is 22.0. The number of amides is 2.